The third-order valence-corrected chi connectivity index (χ3v) is 5.87. The molecule has 1 heterocycles. The van der Waals surface area contributed by atoms with Gasteiger partial charge in [0.25, 0.3) is 5.91 Å². The number of carbonyl (C=O) groups excluding carboxylic acids is 2. The summed E-state index contributed by atoms with van der Waals surface area (Å²) >= 11 is 0. The number of hydrogen-bond acceptors (Lipinski definition) is 4. The van der Waals surface area contributed by atoms with Crippen LogP contribution in [0.4, 0.5) is 0 Å². The molecule has 0 bridgehead atoms. The van der Waals surface area contributed by atoms with Crippen molar-refractivity contribution in [3.63, 3.8) is 0 Å². The smallest absolute Gasteiger partial charge is 0.257 e. The SMILES string of the molecule is NC(=O)c1ccc(Cn2cc(C(=O)NC3CCCC[C@@H]3O)c(=O)c3ccccc32)cc1. The Morgan fingerprint density at radius 1 is 1.06 bits per heavy atom. The number of amides is 2. The molecule has 4 rings (SSSR count). The van der Waals surface area contributed by atoms with E-state index in [1.165, 1.54) is 0 Å². The molecule has 1 unspecified atom stereocenters. The summed E-state index contributed by atoms with van der Waals surface area (Å²) in [5.41, 5.74) is 7.04. The van der Waals surface area contributed by atoms with Crippen LogP contribution >= 0.6 is 0 Å². The largest absolute Gasteiger partial charge is 0.391 e. The molecule has 2 atom stereocenters. The Balaban J connectivity index is 1.70. The van der Waals surface area contributed by atoms with Crippen LogP contribution in [0.2, 0.25) is 0 Å². The zero-order chi connectivity index (χ0) is 22.0. The molecule has 2 aromatic carbocycles. The molecule has 4 N–H and O–H groups in total. The van der Waals surface area contributed by atoms with Crippen LogP contribution in [-0.2, 0) is 6.54 Å². The Kier molecular flexibility index (Phi) is 5.86. The van der Waals surface area contributed by atoms with Crippen molar-refractivity contribution in [1.29, 1.82) is 0 Å². The number of aliphatic hydroxyl groups excluding tert-OH is 1. The van der Waals surface area contributed by atoms with Gasteiger partial charge in [-0.1, -0.05) is 37.1 Å². The number of carbonyl (C=O) groups is 2. The van der Waals surface area contributed by atoms with Gasteiger partial charge in [-0.3, -0.25) is 14.4 Å². The summed E-state index contributed by atoms with van der Waals surface area (Å²) in [7, 11) is 0. The predicted molar refractivity (Wildman–Crippen MR) is 118 cm³/mol. The fourth-order valence-corrected chi connectivity index (χ4v) is 4.13. The molecule has 2 amide bonds. The third kappa shape index (κ3) is 4.36. The molecule has 31 heavy (non-hydrogen) atoms. The van der Waals surface area contributed by atoms with E-state index in [1.54, 1.807) is 42.6 Å². The number of para-hydroxylation sites is 1. The Bertz CT molecular complexity index is 1180. The number of benzene rings is 2. The average Bonchev–Trinajstić information content (AvgIpc) is 2.77. The molecule has 0 aliphatic heterocycles. The van der Waals surface area contributed by atoms with Crippen LogP contribution in [0.1, 0.15) is 52.0 Å². The Hall–Kier alpha value is -3.45. The maximum Gasteiger partial charge on any atom is 0.257 e. The highest BCUT2D eigenvalue weighted by atomic mass is 16.3. The Morgan fingerprint density at radius 3 is 2.48 bits per heavy atom. The van der Waals surface area contributed by atoms with E-state index >= 15 is 0 Å². The van der Waals surface area contributed by atoms with Gasteiger partial charge in [0, 0.05) is 23.7 Å². The maximum atomic E-state index is 13.0. The van der Waals surface area contributed by atoms with Gasteiger partial charge in [0.15, 0.2) is 0 Å². The monoisotopic (exact) mass is 419 g/mol. The quantitative estimate of drug-likeness (QED) is 0.588. The highest BCUT2D eigenvalue weighted by molar-refractivity contribution is 5.97. The van der Waals surface area contributed by atoms with E-state index in [9.17, 15) is 19.5 Å². The first-order valence-electron chi connectivity index (χ1n) is 10.4. The van der Waals surface area contributed by atoms with Crippen molar-refractivity contribution >= 4 is 22.7 Å². The molecule has 0 spiro atoms. The molecule has 7 nitrogen and oxygen atoms in total. The zero-order valence-electron chi connectivity index (χ0n) is 17.1. The minimum Gasteiger partial charge on any atom is -0.391 e. The second kappa shape index (κ2) is 8.73. The van der Waals surface area contributed by atoms with Gasteiger partial charge in [-0.05, 0) is 42.7 Å². The first-order valence-corrected chi connectivity index (χ1v) is 10.4. The van der Waals surface area contributed by atoms with Crippen molar-refractivity contribution in [2.24, 2.45) is 5.73 Å². The lowest BCUT2D eigenvalue weighted by Crippen LogP contribution is -2.46. The molecule has 7 heteroatoms. The van der Waals surface area contributed by atoms with E-state index in [2.05, 4.69) is 5.32 Å². The van der Waals surface area contributed by atoms with Gasteiger partial charge in [0.05, 0.1) is 17.7 Å². The maximum absolute atomic E-state index is 13.0. The third-order valence-electron chi connectivity index (χ3n) is 5.87. The lowest BCUT2D eigenvalue weighted by molar-refractivity contribution is 0.0716. The number of aromatic nitrogens is 1. The Labute approximate surface area is 179 Å². The summed E-state index contributed by atoms with van der Waals surface area (Å²) in [6.07, 6.45) is 4.19. The molecule has 3 aromatic rings. The summed E-state index contributed by atoms with van der Waals surface area (Å²) in [5, 5.41) is 13.5. The summed E-state index contributed by atoms with van der Waals surface area (Å²) in [4.78, 5) is 37.3. The molecular weight excluding hydrogens is 394 g/mol. The van der Waals surface area contributed by atoms with Crippen LogP contribution in [0, 0.1) is 0 Å². The van der Waals surface area contributed by atoms with Gasteiger partial charge < -0.3 is 20.7 Å². The van der Waals surface area contributed by atoms with E-state index in [-0.39, 0.29) is 17.0 Å². The predicted octanol–water partition coefficient (Wildman–Crippen LogP) is 2.18. The van der Waals surface area contributed by atoms with Crippen LogP contribution in [0.5, 0.6) is 0 Å². The Morgan fingerprint density at radius 2 is 1.77 bits per heavy atom. The van der Waals surface area contributed by atoms with E-state index < -0.39 is 17.9 Å². The van der Waals surface area contributed by atoms with Crippen LogP contribution < -0.4 is 16.5 Å². The highest BCUT2D eigenvalue weighted by Crippen LogP contribution is 2.19. The number of nitrogens with one attached hydrogen (secondary N) is 1. The number of hydrogen-bond donors (Lipinski definition) is 3. The minimum absolute atomic E-state index is 0.0465. The minimum atomic E-state index is -0.593. The second-order valence-electron chi connectivity index (χ2n) is 8.01. The van der Waals surface area contributed by atoms with E-state index in [0.717, 1.165) is 18.4 Å². The first kappa shape index (κ1) is 20.8. The van der Waals surface area contributed by atoms with Gasteiger partial charge >= 0.3 is 0 Å². The van der Waals surface area contributed by atoms with Gasteiger partial charge in [-0.2, -0.15) is 0 Å². The van der Waals surface area contributed by atoms with Gasteiger partial charge in [-0.15, -0.1) is 0 Å². The summed E-state index contributed by atoms with van der Waals surface area (Å²) in [6.45, 7) is 0.409. The molecule has 1 aromatic heterocycles. The number of nitrogens with zero attached hydrogens (tertiary/aromatic N) is 1. The van der Waals surface area contributed by atoms with Crippen molar-refractivity contribution in [1.82, 2.24) is 9.88 Å². The normalized spacial score (nSPS) is 18.6. The molecule has 1 saturated carbocycles. The molecule has 160 valence electrons. The summed E-state index contributed by atoms with van der Waals surface area (Å²) < 4.78 is 1.85. The van der Waals surface area contributed by atoms with Crippen molar-refractivity contribution in [3.05, 3.63) is 81.6 Å². The molecule has 0 saturated heterocycles. The lowest BCUT2D eigenvalue weighted by Gasteiger charge is -2.28. The lowest BCUT2D eigenvalue weighted by atomic mass is 9.92. The average molecular weight is 419 g/mol. The number of primary amides is 1. The first-order chi connectivity index (χ1) is 14.9. The van der Waals surface area contributed by atoms with Crippen LogP contribution in [0.25, 0.3) is 10.9 Å². The summed E-state index contributed by atoms with van der Waals surface area (Å²) in [5.74, 6) is -0.969. The van der Waals surface area contributed by atoms with E-state index in [0.29, 0.717) is 35.9 Å². The topological polar surface area (TPSA) is 114 Å². The van der Waals surface area contributed by atoms with Crippen LogP contribution in [0.15, 0.2) is 59.5 Å². The van der Waals surface area contributed by atoms with Crippen molar-refractivity contribution < 1.29 is 14.7 Å². The van der Waals surface area contributed by atoms with E-state index in [1.807, 2.05) is 16.7 Å². The van der Waals surface area contributed by atoms with Crippen molar-refractivity contribution in [3.8, 4) is 0 Å². The highest BCUT2D eigenvalue weighted by Gasteiger charge is 2.26. The number of aliphatic hydroxyl groups is 1. The molecular formula is C24H25N3O4. The van der Waals surface area contributed by atoms with Crippen molar-refractivity contribution in [2.45, 2.75) is 44.4 Å². The number of pyridine rings is 1. The fourth-order valence-electron chi connectivity index (χ4n) is 4.13. The fraction of sp³-hybridized carbons (Fsp3) is 0.292. The summed E-state index contributed by atoms with van der Waals surface area (Å²) in [6, 6.07) is 13.7. The van der Waals surface area contributed by atoms with Crippen LogP contribution in [-0.4, -0.2) is 33.6 Å². The number of rotatable bonds is 5. The zero-order valence-corrected chi connectivity index (χ0v) is 17.1. The van der Waals surface area contributed by atoms with Gasteiger partial charge in [0.1, 0.15) is 5.56 Å². The molecule has 1 fully saturated rings. The van der Waals surface area contributed by atoms with Crippen molar-refractivity contribution in [2.75, 3.05) is 0 Å². The van der Waals surface area contributed by atoms with Gasteiger partial charge in [0.2, 0.25) is 11.3 Å². The molecule has 0 radical (unpaired) electrons. The van der Waals surface area contributed by atoms with Crippen LogP contribution in [0.3, 0.4) is 0 Å². The van der Waals surface area contributed by atoms with Gasteiger partial charge in [-0.25, -0.2) is 0 Å². The number of nitrogens with two attached hydrogens (primary N) is 1. The molecule has 1 aliphatic rings. The molecule has 1 aliphatic carbocycles. The number of fused-ring (bicyclic) bond motifs is 1. The standard InChI is InChI=1S/C24H25N3O4/c25-23(30)16-11-9-15(10-12-16)13-27-14-18(22(29)17-5-1-3-7-20(17)27)24(31)26-19-6-2-4-8-21(19)28/h1,3,5,7,9-12,14,19,21,28H,2,4,6,8,13H2,(H2,25,30)(H,26,31)/t19?,21-/m0/s1. The van der Waals surface area contributed by atoms with E-state index in [4.69, 9.17) is 5.73 Å². The second-order valence-corrected chi connectivity index (χ2v) is 8.01.